The molecule has 6 nitrogen and oxygen atoms in total. The summed E-state index contributed by atoms with van der Waals surface area (Å²) >= 11 is 0. The van der Waals surface area contributed by atoms with Gasteiger partial charge in [0.25, 0.3) is 11.5 Å². The number of hydrogen-bond acceptors (Lipinski definition) is 4. The molecule has 1 amide bonds. The van der Waals surface area contributed by atoms with Crippen LogP contribution in [0.15, 0.2) is 71.8 Å². The molecule has 0 aliphatic heterocycles. The van der Waals surface area contributed by atoms with Crippen molar-refractivity contribution >= 4 is 5.91 Å². The maximum atomic E-state index is 12.2. The Bertz CT molecular complexity index is 950. The zero-order chi connectivity index (χ0) is 19.1. The summed E-state index contributed by atoms with van der Waals surface area (Å²) < 4.78 is 6.89. The molecule has 3 aromatic rings. The molecule has 0 saturated carbocycles. The normalized spacial score (nSPS) is 10.4. The number of hydrogen-bond donors (Lipinski definition) is 1. The maximum absolute atomic E-state index is 12.2. The summed E-state index contributed by atoms with van der Waals surface area (Å²) in [4.78, 5) is 28.4. The van der Waals surface area contributed by atoms with Crippen LogP contribution < -0.4 is 15.6 Å². The molecule has 0 bridgehead atoms. The van der Waals surface area contributed by atoms with Crippen molar-refractivity contribution in [3.8, 4) is 17.0 Å². The largest absolute Gasteiger partial charge is 0.484 e. The Hall–Kier alpha value is -3.41. The summed E-state index contributed by atoms with van der Waals surface area (Å²) in [6.45, 7) is 2.59. The van der Waals surface area contributed by atoms with Crippen LogP contribution in [0.1, 0.15) is 5.56 Å². The fourth-order valence-electron chi connectivity index (χ4n) is 2.51. The van der Waals surface area contributed by atoms with E-state index in [1.54, 1.807) is 0 Å². The quantitative estimate of drug-likeness (QED) is 0.700. The van der Waals surface area contributed by atoms with Gasteiger partial charge in [0.1, 0.15) is 5.75 Å². The van der Waals surface area contributed by atoms with Crippen LogP contribution in [-0.4, -0.2) is 28.6 Å². The van der Waals surface area contributed by atoms with Gasteiger partial charge in [-0.1, -0.05) is 48.0 Å². The van der Waals surface area contributed by atoms with E-state index in [1.165, 1.54) is 17.0 Å². The molecule has 0 atom stereocenters. The van der Waals surface area contributed by atoms with E-state index in [2.05, 4.69) is 10.3 Å². The number of rotatable bonds is 7. The van der Waals surface area contributed by atoms with E-state index in [1.807, 2.05) is 61.5 Å². The van der Waals surface area contributed by atoms with E-state index in [0.717, 1.165) is 11.1 Å². The molecule has 0 spiro atoms. The number of amides is 1. The van der Waals surface area contributed by atoms with E-state index >= 15 is 0 Å². The topological polar surface area (TPSA) is 73.2 Å². The van der Waals surface area contributed by atoms with Crippen molar-refractivity contribution < 1.29 is 9.53 Å². The van der Waals surface area contributed by atoms with Crippen LogP contribution in [-0.2, 0) is 11.3 Å². The molecule has 0 radical (unpaired) electrons. The molecule has 2 aromatic carbocycles. The van der Waals surface area contributed by atoms with Crippen LogP contribution in [0.2, 0.25) is 0 Å². The Balaban J connectivity index is 1.48. The van der Waals surface area contributed by atoms with E-state index in [-0.39, 0.29) is 18.1 Å². The van der Waals surface area contributed by atoms with Crippen molar-refractivity contribution in [3.63, 3.8) is 0 Å². The molecule has 1 N–H and O–H groups in total. The molecule has 3 rings (SSSR count). The second-order valence-electron chi connectivity index (χ2n) is 6.12. The lowest BCUT2D eigenvalue weighted by atomic mass is 10.1. The van der Waals surface area contributed by atoms with Gasteiger partial charge in [-0.2, -0.15) is 0 Å². The van der Waals surface area contributed by atoms with Gasteiger partial charge in [0, 0.05) is 24.7 Å². The second-order valence-corrected chi connectivity index (χ2v) is 6.12. The number of benzene rings is 2. The first-order chi connectivity index (χ1) is 13.1. The zero-order valence-corrected chi connectivity index (χ0v) is 15.1. The zero-order valence-electron chi connectivity index (χ0n) is 15.1. The van der Waals surface area contributed by atoms with Crippen molar-refractivity contribution in [2.75, 3.05) is 13.2 Å². The number of aromatic nitrogens is 2. The van der Waals surface area contributed by atoms with Crippen molar-refractivity contribution in [2.45, 2.75) is 13.5 Å². The first kappa shape index (κ1) is 18.4. The van der Waals surface area contributed by atoms with Crippen LogP contribution in [0.5, 0.6) is 5.75 Å². The van der Waals surface area contributed by atoms with Crippen LogP contribution in [0, 0.1) is 6.92 Å². The Morgan fingerprint density at radius 3 is 2.56 bits per heavy atom. The highest BCUT2D eigenvalue weighted by Crippen LogP contribution is 2.13. The van der Waals surface area contributed by atoms with Crippen LogP contribution in [0.4, 0.5) is 0 Å². The Labute approximate surface area is 157 Å². The molecular weight excluding hydrogens is 342 g/mol. The van der Waals surface area contributed by atoms with Gasteiger partial charge >= 0.3 is 0 Å². The molecule has 1 heterocycles. The molecule has 0 aliphatic carbocycles. The smallest absolute Gasteiger partial charge is 0.258 e. The fraction of sp³-hybridized carbons (Fsp3) is 0.190. The lowest BCUT2D eigenvalue weighted by molar-refractivity contribution is -0.123. The van der Waals surface area contributed by atoms with Gasteiger partial charge < -0.3 is 10.1 Å². The minimum Gasteiger partial charge on any atom is -0.484 e. The molecule has 1 aromatic heterocycles. The summed E-state index contributed by atoms with van der Waals surface area (Å²) in [6, 6.07) is 18.5. The molecule has 0 aliphatic rings. The maximum Gasteiger partial charge on any atom is 0.258 e. The Kier molecular flexibility index (Phi) is 5.99. The standard InChI is InChI=1S/C21H21N3O3/c1-16-7-9-18(10-8-16)27-14-20(25)22-11-12-24-15-23-19(13-21(24)26)17-5-3-2-4-6-17/h2-10,13,15H,11-12,14H2,1H3,(H,22,25). The first-order valence-electron chi connectivity index (χ1n) is 8.70. The van der Waals surface area contributed by atoms with Crippen LogP contribution in [0.3, 0.4) is 0 Å². The van der Waals surface area contributed by atoms with Gasteiger partial charge in [-0.05, 0) is 19.1 Å². The van der Waals surface area contributed by atoms with Gasteiger partial charge in [-0.25, -0.2) is 4.98 Å². The second kappa shape index (κ2) is 8.80. The van der Waals surface area contributed by atoms with Crippen molar-refractivity contribution in [2.24, 2.45) is 0 Å². The molecule has 0 unspecified atom stereocenters. The van der Waals surface area contributed by atoms with E-state index in [9.17, 15) is 9.59 Å². The monoisotopic (exact) mass is 363 g/mol. The average Bonchev–Trinajstić information content (AvgIpc) is 2.69. The van der Waals surface area contributed by atoms with Crippen molar-refractivity contribution in [1.82, 2.24) is 14.9 Å². The number of ether oxygens (including phenoxy) is 1. The molecule has 27 heavy (non-hydrogen) atoms. The van der Waals surface area contributed by atoms with Crippen LogP contribution in [0.25, 0.3) is 11.3 Å². The van der Waals surface area contributed by atoms with Gasteiger partial charge in [0.05, 0.1) is 12.0 Å². The fourth-order valence-corrected chi connectivity index (χ4v) is 2.51. The molecule has 0 saturated heterocycles. The van der Waals surface area contributed by atoms with E-state index < -0.39 is 0 Å². The number of carbonyl (C=O) groups is 1. The van der Waals surface area contributed by atoms with Gasteiger partial charge in [0.15, 0.2) is 6.61 Å². The summed E-state index contributed by atoms with van der Waals surface area (Å²) in [5, 5.41) is 2.73. The number of nitrogens with one attached hydrogen (secondary N) is 1. The van der Waals surface area contributed by atoms with E-state index in [4.69, 9.17) is 4.74 Å². The van der Waals surface area contributed by atoms with Gasteiger partial charge in [-0.3, -0.25) is 14.2 Å². The highest BCUT2D eigenvalue weighted by atomic mass is 16.5. The minimum absolute atomic E-state index is 0.0663. The third kappa shape index (κ3) is 5.28. The third-order valence-electron chi connectivity index (χ3n) is 4.01. The lowest BCUT2D eigenvalue weighted by Gasteiger charge is -2.09. The summed E-state index contributed by atoms with van der Waals surface area (Å²) in [6.07, 6.45) is 1.50. The first-order valence-corrected chi connectivity index (χ1v) is 8.70. The van der Waals surface area contributed by atoms with Crippen molar-refractivity contribution in [1.29, 1.82) is 0 Å². The predicted octanol–water partition coefficient (Wildman–Crippen LogP) is 2.41. The predicted molar refractivity (Wildman–Crippen MR) is 104 cm³/mol. The van der Waals surface area contributed by atoms with Gasteiger partial charge in [0.2, 0.25) is 0 Å². The lowest BCUT2D eigenvalue weighted by Crippen LogP contribution is -2.33. The number of aryl methyl sites for hydroxylation is 1. The van der Waals surface area contributed by atoms with Crippen molar-refractivity contribution in [3.05, 3.63) is 82.9 Å². The molecule has 0 fully saturated rings. The Morgan fingerprint density at radius 2 is 1.85 bits per heavy atom. The van der Waals surface area contributed by atoms with Gasteiger partial charge in [-0.15, -0.1) is 0 Å². The molecule has 6 heteroatoms. The number of nitrogens with zero attached hydrogens (tertiary/aromatic N) is 2. The summed E-state index contributed by atoms with van der Waals surface area (Å²) in [5.41, 5.74) is 2.49. The summed E-state index contributed by atoms with van der Waals surface area (Å²) in [5.74, 6) is 0.408. The molecule has 138 valence electrons. The average molecular weight is 363 g/mol. The number of carbonyl (C=O) groups excluding carboxylic acids is 1. The molecular formula is C21H21N3O3. The van der Waals surface area contributed by atoms with Crippen LogP contribution >= 0.6 is 0 Å². The summed E-state index contributed by atoms with van der Waals surface area (Å²) in [7, 11) is 0. The SMILES string of the molecule is Cc1ccc(OCC(=O)NCCn2cnc(-c3ccccc3)cc2=O)cc1. The van der Waals surface area contributed by atoms with E-state index in [0.29, 0.717) is 24.5 Å². The highest BCUT2D eigenvalue weighted by Gasteiger charge is 2.05. The minimum atomic E-state index is -0.238. The Morgan fingerprint density at radius 1 is 1.11 bits per heavy atom. The third-order valence-corrected chi connectivity index (χ3v) is 4.01. The highest BCUT2D eigenvalue weighted by molar-refractivity contribution is 5.77.